The minimum absolute atomic E-state index is 0.339. The molecule has 0 aliphatic carbocycles. The first-order chi connectivity index (χ1) is 11.3. The molecule has 24 heavy (non-hydrogen) atoms. The molecule has 1 aliphatic heterocycles. The van der Waals surface area contributed by atoms with E-state index in [1.807, 2.05) is 30.5 Å². The Bertz CT molecular complexity index is 701. The molecule has 0 atom stereocenters. The smallest absolute Gasteiger partial charge is 0.399 e. The highest BCUT2D eigenvalue weighted by Crippen LogP contribution is 2.36. The fraction of sp³-hybridized carbons (Fsp3) is 0.421. The zero-order chi connectivity index (χ0) is 17.4. The molecular formula is C19H25BN2O2. The van der Waals surface area contributed by atoms with E-state index in [4.69, 9.17) is 9.31 Å². The van der Waals surface area contributed by atoms with Crippen molar-refractivity contribution in [2.45, 2.75) is 52.4 Å². The average Bonchev–Trinajstić information content (AvgIpc) is 2.74. The Morgan fingerprint density at radius 1 is 1.04 bits per heavy atom. The van der Waals surface area contributed by atoms with E-state index in [1.54, 1.807) is 0 Å². The second kappa shape index (κ2) is 6.23. The van der Waals surface area contributed by atoms with Gasteiger partial charge in [-0.3, -0.25) is 0 Å². The van der Waals surface area contributed by atoms with Crippen molar-refractivity contribution in [2.75, 3.05) is 5.32 Å². The van der Waals surface area contributed by atoms with E-state index >= 15 is 0 Å². The standard InChI is InChI=1S/C19H25BN2O2/c1-14-11-17(21-12-15-9-7-6-8-10-15)22-13-16(14)20-23-18(2,3)19(4,5)24-20/h6-11,13H,12H2,1-5H3,(H,21,22). The van der Waals surface area contributed by atoms with Gasteiger partial charge in [-0.1, -0.05) is 30.3 Å². The van der Waals surface area contributed by atoms with Crippen LogP contribution in [0.15, 0.2) is 42.6 Å². The number of nitrogens with one attached hydrogen (secondary N) is 1. The molecule has 1 saturated heterocycles. The number of rotatable bonds is 4. The number of pyridine rings is 1. The molecule has 1 fully saturated rings. The first-order valence-electron chi connectivity index (χ1n) is 8.38. The van der Waals surface area contributed by atoms with E-state index < -0.39 is 0 Å². The topological polar surface area (TPSA) is 43.4 Å². The molecule has 2 aromatic rings. The van der Waals surface area contributed by atoms with E-state index in [0.29, 0.717) is 0 Å². The van der Waals surface area contributed by atoms with Crippen LogP contribution < -0.4 is 10.8 Å². The molecule has 0 spiro atoms. The highest BCUT2D eigenvalue weighted by molar-refractivity contribution is 6.62. The number of aromatic nitrogens is 1. The van der Waals surface area contributed by atoms with Gasteiger partial charge in [-0.15, -0.1) is 0 Å². The van der Waals surface area contributed by atoms with Gasteiger partial charge in [0.25, 0.3) is 0 Å². The number of nitrogens with zero attached hydrogens (tertiary/aromatic N) is 1. The Morgan fingerprint density at radius 3 is 2.25 bits per heavy atom. The molecule has 1 aromatic carbocycles. The molecule has 0 amide bonds. The maximum Gasteiger partial charge on any atom is 0.496 e. The summed E-state index contributed by atoms with van der Waals surface area (Å²) in [4.78, 5) is 4.52. The largest absolute Gasteiger partial charge is 0.496 e. The lowest BCUT2D eigenvalue weighted by Crippen LogP contribution is -2.41. The summed E-state index contributed by atoms with van der Waals surface area (Å²) in [5, 5.41) is 3.36. The van der Waals surface area contributed by atoms with Gasteiger partial charge in [0.15, 0.2) is 0 Å². The minimum Gasteiger partial charge on any atom is -0.399 e. The summed E-state index contributed by atoms with van der Waals surface area (Å²) < 4.78 is 12.2. The Kier molecular flexibility index (Phi) is 4.41. The molecule has 126 valence electrons. The van der Waals surface area contributed by atoms with Gasteiger partial charge in [-0.2, -0.15) is 0 Å². The lowest BCUT2D eigenvalue weighted by molar-refractivity contribution is 0.00578. The monoisotopic (exact) mass is 324 g/mol. The summed E-state index contributed by atoms with van der Waals surface area (Å²) in [5.41, 5.74) is 2.65. The molecule has 5 heteroatoms. The summed E-state index contributed by atoms with van der Waals surface area (Å²) in [6, 6.07) is 12.3. The number of benzene rings is 1. The molecule has 0 bridgehead atoms. The fourth-order valence-corrected chi connectivity index (χ4v) is 2.67. The van der Waals surface area contributed by atoms with E-state index in [9.17, 15) is 0 Å². The van der Waals surface area contributed by atoms with E-state index in [2.05, 4.69) is 57.1 Å². The van der Waals surface area contributed by atoms with Crippen molar-refractivity contribution in [3.8, 4) is 0 Å². The van der Waals surface area contributed by atoms with Gasteiger partial charge in [0.1, 0.15) is 5.82 Å². The van der Waals surface area contributed by atoms with Crippen LogP contribution in [-0.2, 0) is 15.9 Å². The zero-order valence-corrected chi connectivity index (χ0v) is 15.1. The second-order valence-corrected chi connectivity index (χ2v) is 7.35. The van der Waals surface area contributed by atoms with Gasteiger partial charge in [-0.25, -0.2) is 4.98 Å². The number of anilines is 1. The summed E-state index contributed by atoms with van der Waals surface area (Å²) in [6.07, 6.45) is 1.85. The normalized spacial score (nSPS) is 18.6. The summed E-state index contributed by atoms with van der Waals surface area (Å²) in [6.45, 7) is 11.1. The number of hydrogen-bond donors (Lipinski definition) is 1. The summed E-state index contributed by atoms with van der Waals surface area (Å²) in [5.74, 6) is 0.858. The SMILES string of the molecule is Cc1cc(NCc2ccccc2)ncc1B1OC(C)(C)C(C)(C)O1. The van der Waals surface area contributed by atoms with E-state index in [0.717, 1.165) is 23.4 Å². The molecule has 0 saturated carbocycles. The van der Waals surface area contributed by atoms with Crippen molar-refractivity contribution in [3.05, 3.63) is 53.7 Å². The molecule has 4 nitrogen and oxygen atoms in total. The number of hydrogen-bond acceptors (Lipinski definition) is 4. The lowest BCUT2D eigenvalue weighted by atomic mass is 9.77. The van der Waals surface area contributed by atoms with Gasteiger partial charge in [0.2, 0.25) is 0 Å². The molecule has 0 unspecified atom stereocenters. The maximum atomic E-state index is 6.12. The minimum atomic E-state index is -0.370. The first-order valence-corrected chi connectivity index (χ1v) is 8.38. The summed E-state index contributed by atoms with van der Waals surface area (Å²) >= 11 is 0. The predicted molar refractivity (Wildman–Crippen MR) is 98.5 cm³/mol. The molecule has 0 radical (unpaired) electrons. The third-order valence-electron chi connectivity index (χ3n) is 4.97. The van der Waals surface area contributed by atoms with Crippen molar-refractivity contribution in [1.29, 1.82) is 0 Å². The molecule has 1 aromatic heterocycles. The highest BCUT2D eigenvalue weighted by atomic mass is 16.7. The first kappa shape index (κ1) is 17.0. The Morgan fingerprint density at radius 2 is 1.67 bits per heavy atom. The van der Waals surface area contributed by atoms with Crippen molar-refractivity contribution in [2.24, 2.45) is 0 Å². The quantitative estimate of drug-likeness (QED) is 0.877. The van der Waals surface area contributed by atoms with Crippen LogP contribution >= 0.6 is 0 Å². The van der Waals surface area contributed by atoms with Crippen LogP contribution in [0.4, 0.5) is 5.82 Å². The van der Waals surface area contributed by atoms with Crippen LogP contribution in [0.3, 0.4) is 0 Å². The van der Waals surface area contributed by atoms with Gasteiger partial charge >= 0.3 is 7.12 Å². The molecular weight excluding hydrogens is 299 g/mol. The molecule has 1 aliphatic rings. The van der Waals surface area contributed by atoms with Crippen LogP contribution in [0.2, 0.25) is 0 Å². The van der Waals surface area contributed by atoms with Crippen LogP contribution in [0.5, 0.6) is 0 Å². The number of aryl methyl sites for hydroxylation is 1. The van der Waals surface area contributed by atoms with Gasteiger partial charge < -0.3 is 14.6 Å². The third-order valence-corrected chi connectivity index (χ3v) is 4.97. The zero-order valence-electron chi connectivity index (χ0n) is 15.1. The lowest BCUT2D eigenvalue weighted by Gasteiger charge is -2.32. The van der Waals surface area contributed by atoms with Crippen molar-refractivity contribution < 1.29 is 9.31 Å². The average molecular weight is 324 g/mol. The van der Waals surface area contributed by atoms with Crippen molar-refractivity contribution in [1.82, 2.24) is 4.98 Å². The fourth-order valence-electron chi connectivity index (χ4n) is 2.67. The summed E-state index contributed by atoms with van der Waals surface area (Å²) in [7, 11) is -0.370. The Labute approximate surface area is 144 Å². The van der Waals surface area contributed by atoms with Gasteiger partial charge in [0.05, 0.1) is 11.2 Å². The molecule has 3 rings (SSSR count). The van der Waals surface area contributed by atoms with E-state index in [-0.39, 0.29) is 18.3 Å². The molecule has 1 N–H and O–H groups in total. The predicted octanol–water partition coefficient (Wildman–Crippen LogP) is 3.30. The van der Waals surface area contributed by atoms with Crippen molar-refractivity contribution in [3.63, 3.8) is 0 Å². The van der Waals surface area contributed by atoms with Gasteiger partial charge in [-0.05, 0) is 51.8 Å². The van der Waals surface area contributed by atoms with Crippen LogP contribution in [0, 0.1) is 6.92 Å². The Balaban J connectivity index is 1.72. The third kappa shape index (κ3) is 3.33. The van der Waals surface area contributed by atoms with Gasteiger partial charge in [0, 0.05) is 18.2 Å². The van der Waals surface area contributed by atoms with E-state index in [1.165, 1.54) is 5.56 Å². The second-order valence-electron chi connectivity index (χ2n) is 7.35. The van der Waals surface area contributed by atoms with Crippen LogP contribution in [-0.4, -0.2) is 23.3 Å². The van der Waals surface area contributed by atoms with Crippen LogP contribution in [0.1, 0.15) is 38.8 Å². The van der Waals surface area contributed by atoms with Crippen LogP contribution in [0.25, 0.3) is 0 Å². The highest BCUT2D eigenvalue weighted by Gasteiger charge is 2.52. The molecule has 2 heterocycles. The van der Waals surface area contributed by atoms with Crippen molar-refractivity contribution >= 4 is 18.4 Å². The maximum absolute atomic E-state index is 6.12. The Hall–Kier alpha value is -1.85.